The number of hydrogen-bond acceptors (Lipinski definition) is 4. The summed E-state index contributed by atoms with van der Waals surface area (Å²) in [7, 11) is 1.72. The fourth-order valence-electron chi connectivity index (χ4n) is 4.61. The Balaban J connectivity index is 2.47. The third-order valence-electron chi connectivity index (χ3n) is 6.31. The molecule has 0 saturated heterocycles. The molecule has 0 radical (unpaired) electrons. The lowest BCUT2D eigenvalue weighted by Gasteiger charge is -2.42. The second-order valence-corrected chi connectivity index (χ2v) is 9.87. The van der Waals surface area contributed by atoms with Gasteiger partial charge in [0.25, 0.3) is 0 Å². The van der Waals surface area contributed by atoms with Crippen molar-refractivity contribution in [3.63, 3.8) is 0 Å². The molecule has 160 valence electrons. The molecule has 2 aromatic rings. The zero-order valence-electron chi connectivity index (χ0n) is 18.7. The molecule has 0 spiro atoms. The number of nitrogens with zero attached hydrogens (tertiary/aromatic N) is 1. The molecule has 2 unspecified atom stereocenters. The first-order chi connectivity index (χ1) is 14.1. The molecular weight excluding hydrogens is 390 g/mol. The Bertz CT molecular complexity index is 1030. The number of aliphatic hydroxyl groups is 1. The van der Waals surface area contributed by atoms with Crippen LogP contribution in [0.25, 0.3) is 10.8 Å². The number of ether oxygens (including phenoxy) is 1. The van der Waals surface area contributed by atoms with Gasteiger partial charge in [0.05, 0.1) is 17.9 Å². The third kappa shape index (κ3) is 3.77. The molecular formula is C26H33NO2S. The zero-order chi connectivity index (χ0) is 22.3. The first-order valence-corrected chi connectivity index (χ1v) is 10.8. The minimum absolute atomic E-state index is 0.0162. The van der Waals surface area contributed by atoms with Crippen molar-refractivity contribution in [3.8, 4) is 0 Å². The van der Waals surface area contributed by atoms with Crippen molar-refractivity contribution < 1.29 is 9.84 Å². The van der Waals surface area contributed by atoms with E-state index in [0.717, 1.165) is 17.7 Å². The first-order valence-electron chi connectivity index (χ1n) is 10.4. The SMILES string of the molecule is C=C(S)C1=NC(C)(C(=C)CO)C(CCOC)c2c1cc(C(C)(C)C)c1ccccc21. The highest BCUT2D eigenvalue weighted by molar-refractivity contribution is 7.85. The standard InChI is InChI=1S/C26H33NO2S/c1-16(15-28)26(6)21(12-13-29-7)23-19-11-9-8-10-18(19)22(25(3,4)5)14-20(23)24(27-26)17(2)30/h8-11,14,21,28,30H,1-2,12-13,15H2,3-7H3. The minimum atomic E-state index is -0.673. The van der Waals surface area contributed by atoms with Crippen LogP contribution >= 0.6 is 12.6 Å². The van der Waals surface area contributed by atoms with Crippen LogP contribution in [0.1, 0.15) is 56.7 Å². The third-order valence-corrected chi connectivity index (χ3v) is 6.52. The molecule has 3 nitrogen and oxygen atoms in total. The van der Waals surface area contributed by atoms with Crippen LogP contribution in [0.4, 0.5) is 0 Å². The Morgan fingerprint density at radius 1 is 1.23 bits per heavy atom. The first kappa shape index (κ1) is 22.8. The maximum absolute atomic E-state index is 9.99. The van der Waals surface area contributed by atoms with Crippen molar-refractivity contribution in [3.05, 3.63) is 70.7 Å². The molecule has 30 heavy (non-hydrogen) atoms. The van der Waals surface area contributed by atoms with E-state index in [2.05, 4.69) is 83.8 Å². The molecule has 4 heteroatoms. The lowest BCUT2D eigenvalue weighted by molar-refractivity contribution is 0.176. The Morgan fingerprint density at radius 3 is 2.40 bits per heavy atom. The fourth-order valence-corrected chi connectivity index (χ4v) is 4.78. The number of thiol groups is 1. The van der Waals surface area contributed by atoms with Gasteiger partial charge in [-0.15, -0.1) is 12.6 Å². The van der Waals surface area contributed by atoms with Gasteiger partial charge in [-0.05, 0) is 52.3 Å². The summed E-state index contributed by atoms with van der Waals surface area (Å²) in [4.78, 5) is 5.73. The van der Waals surface area contributed by atoms with Crippen LogP contribution in [0.2, 0.25) is 0 Å². The lowest BCUT2D eigenvalue weighted by atomic mass is 9.68. The molecule has 2 aromatic carbocycles. The summed E-state index contributed by atoms with van der Waals surface area (Å²) in [6, 6.07) is 10.8. The highest BCUT2D eigenvalue weighted by Crippen LogP contribution is 2.49. The molecule has 2 atom stereocenters. The Kier molecular flexibility index (Phi) is 6.33. The van der Waals surface area contributed by atoms with Gasteiger partial charge < -0.3 is 9.84 Å². The van der Waals surface area contributed by atoms with E-state index in [1.54, 1.807) is 7.11 Å². The highest BCUT2D eigenvalue weighted by atomic mass is 32.1. The van der Waals surface area contributed by atoms with E-state index in [4.69, 9.17) is 9.73 Å². The van der Waals surface area contributed by atoms with Crippen molar-refractivity contribution >= 4 is 29.1 Å². The average Bonchev–Trinajstić information content (AvgIpc) is 2.70. The second-order valence-electron chi connectivity index (χ2n) is 9.33. The predicted molar refractivity (Wildman–Crippen MR) is 131 cm³/mol. The monoisotopic (exact) mass is 423 g/mol. The van der Waals surface area contributed by atoms with Gasteiger partial charge in [0.2, 0.25) is 0 Å². The highest BCUT2D eigenvalue weighted by Gasteiger charge is 2.43. The van der Waals surface area contributed by atoms with Gasteiger partial charge >= 0.3 is 0 Å². The summed E-state index contributed by atoms with van der Waals surface area (Å²) in [5, 5.41) is 12.4. The van der Waals surface area contributed by atoms with E-state index in [0.29, 0.717) is 17.1 Å². The number of benzene rings is 2. The number of fused-ring (bicyclic) bond motifs is 3. The van der Waals surface area contributed by atoms with Gasteiger partial charge in [0.15, 0.2) is 0 Å². The maximum Gasteiger partial charge on any atom is 0.0885 e. The van der Waals surface area contributed by atoms with E-state index in [1.807, 2.05) is 0 Å². The summed E-state index contributed by atoms with van der Waals surface area (Å²) in [6.07, 6.45) is 0.772. The number of rotatable bonds is 6. The van der Waals surface area contributed by atoms with Crippen LogP contribution in [0.5, 0.6) is 0 Å². The van der Waals surface area contributed by atoms with Gasteiger partial charge in [-0.1, -0.05) is 58.2 Å². The second kappa shape index (κ2) is 8.33. The summed E-state index contributed by atoms with van der Waals surface area (Å²) in [5.74, 6) is 0.0162. The van der Waals surface area contributed by atoms with Crippen LogP contribution in [-0.2, 0) is 10.2 Å². The van der Waals surface area contributed by atoms with E-state index >= 15 is 0 Å². The molecule has 0 aromatic heterocycles. The van der Waals surface area contributed by atoms with Crippen molar-refractivity contribution in [1.29, 1.82) is 0 Å². The van der Waals surface area contributed by atoms with Gasteiger partial charge in [0, 0.05) is 30.1 Å². The molecule has 1 heterocycles. The van der Waals surface area contributed by atoms with Crippen molar-refractivity contribution in [2.45, 2.75) is 51.0 Å². The molecule has 3 rings (SSSR count). The lowest BCUT2D eigenvalue weighted by Crippen LogP contribution is -2.40. The minimum Gasteiger partial charge on any atom is -0.392 e. The smallest absolute Gasteiger partial charge is 0.0885 e. The van der Waals surface area contributed by atoms with E-state index < -0.39 is 5.54 Å². The van der Waals surface area contributed by atoms with Crippen LogP contribution in [0.15, 0.2) is 59.0 Å². The van der Waals surface area contributed by atoms with Crippen molar-refractivity contribution in [2.75, 3.05) is 20.3 Å². The van der Waals surface area contributed by atoms with E-state index in [9.17, 15) is 5.11 Å². The zero-order valence-corrected chi connectivity index (χ0v) is 19.6. The maximum atomic E-state index is 9.99. The molecule has 1 N–H and O–H groups in total. The summed E-state index contributed by atoms with van der Waals surface area (Å²) >= 11 is 4.60. The van der Waals surface area contributed by atoms with E-state index in [-0.39, 0.29) is 17.9 Å². The van der Waals surface area contributed by atoms with Gasteiger partial charge in [-0.25, -0.2) is 0 Å². The van der Waals surface area contributed by atoms with Crippen molar-refractivity contribution in [1.82, 2.24) is 0 Å². The van der Waals surface area contributed by atoms with Gasteiger partial charge in [-0.2, -0.15) is 0 Å². The largest absolute Gasteiger partial charge is 0.392 e. The number of allylic oxidation sites excluding steroid dienone is 1. The molecule has 1 aliphatic rings. The Hall–Kier alpha value is -1.88. The van der Waals surface area contributed by atoms with E-state index in [1.165, 1.54) is 21.9 Å². The molecule has 0 bridgehead atoms. The predicted octanol–water partition coefficient (Wildman–Crippen LogP) is 5.81. The Labute approximate surface area is 186 Å². The van der Waals surface area contributed by atoms with Crippen LogP contribution in [0, 0.1) is 0 Å². The summed E-state index contributed by atoms with van der Waals surface area (Å²) in [5.41, 5.74) is 4.31. The average molecular weight is 424 g/mol. The van der Waals surface area contributed by atoms with Gasteiger partial charge in [-0.3, -0.25) is 4.99 Å². The van der Waals surface area contributed by atoms with Crippen LogP contribution in [0.3, 0.4) is 0 Å². The summed E-state index contributed by atoms with van der Waals surface area (Å²) < 4.78 is 5.46. The van der Waals surface area contributed by atoms with Gasteiger partial charge in [0.1, 0.15) is 0 Å². The number of aliphatic hydroxyl groups excluding tert-OH is 1. The molecule has 1 aliphatic heterocycles. The molecule has 0 aliphatic carbocycles. The molecule has 0 fully saturated rings. The number of hydrogen-bond donors (Lipinski definition) is 2. The van der Waals surface area contributed by atoms with Crippen molar-refractivity contribution in [2.24, 2.45) is 4.99 Å². The number of aliphatic imine (C=N–C) groups is 1. The molecule has 0 saturated carbocycles. The topological polar surface area (TPSA) is 41.8 Å². The fraction of sp³-hybridized carbons (Fsp3) is 0.423. The van der Waals surface area contributed by atoms with Crippen LogP contribution in [-0.4, -0.2) is 36.7 Å². The number of methoxy groups -OCH3 is 1. The Morgan fingerprint density at radius 2 is 1.87 bits per heavy atom. The molecule has 0 amide bonds. The summed E-state index contributed by atoms with van der Waals surface area (Å²) in [6.45, 7) is 17.5. The van der Waals surface area contributed by atoms with Crippen LogP contribution < -0.4 is 0 Å². The quantitative estimate of drug-likeness (QED) is 0.455. The normalized spacial score (nSPS) is 21.3.